The average molecular weight is 205 g/mol. The molecular formula is C14H23N. The van der Waals surface area contributed by atoms with Crippen molar-refractivity contribution in [3.8, 4) is 0 Å². The van der Waals surface area contributed by atoms with Gasteiger partial charge in [-0.1, -0.05) is 33.1 Å². The lowest BCUT2D eigenvalue weighted by Crippen LogP contribution is -1.97. The summed E-state index contributed by atoms with van der Waals surface area (Å²) in [6.07, 6.45) is 9.60. The Kier molecular flexibility index (Phi) is 5.38. The maximum Gasteiger partial charge on any atom is 0.0432 e. The Hall–Kier alpha value is -0.850. The first-order chi connectivity index (χ1) is 7.29. The van der Waals surface area contributed by atoms with Gasteiger partial charge in [0.05, 0.1) is 0 Å². The van der Waals surface area contributed by atoms with Crippen LogP contribution in [0, 0.1) is 6.92 Å². The monoisotopic (exact) mass is 205 g/mol. The van der Waals surface area contributed by atoms with Gasteiger partial charge in [0.1, 0.15) is 0 Å². The standard InChI is InChI=1S/C14H23N/c1-4-6-7-8-9-13-10-11-15-14(5-2)12(13)3/h10-11H,4-9H2,1-3H3. The first-order valence-corrected chi connectivity index (χ1v) is 6.23. The van der Waals surface area contributed by atoms with Crippen LogP contribution in [0.5, 0.6) is 0 Å². The van der Waals surface area contributed by atoms with Gasteiger partial charge in [0, 0.05) is 11.9 Å². The van der Waals surface area contributed by atoms with Crippen LogP contribution in [-0.4, -0.2) is 4.98 Å². The highest BCUT2D eigenvalue weighted by Crippen LogP contribution is 2.15. The number of rotatable bonds is 6. The molecule has 0 saturated carbocycles. The van der Waals surface area contributed by atoms with Crippen molar-refractivity contribution in [2.75, 3.05) is 0 Å². The van der Waals surface area contributed by atoms with E-state index < -0.39 is 0 Å². The predicted octanol–water partition coefficient (Wildman–Crippen LogP) is 4.08. The predicted molar refractivity (Wildman–Crippen MR) is 66.2 cm³/mol. The highest BCUT2D eigenvalue weighted by molar-refractivity contribution is 5.28. The topological polar surface area (TPSA) is 12.9 Å². The van der Waals surface area contributed by atoms with Gasteiger partial charge >= 0.3 is 0 Å². The molecule has 0 bridgehead atoms. The number of hydrogen-bond donors (Lipinski definition) is 0. The third-order valence-electron chi connectivity index (χ3n) is 3.06. The molecule has 0 radical (unpaired) electrons. The van der Waals surface area contributed by atoms with E-state index in [1.54, 1.807) is 0 Å². The molecule has 15 heavy (non-hydrogen) atoms. The van der Waals surface area contributed by atoms with E-state index in [1.165, 1.54) is 48.9 Å². The summed E-state index contributed by atoms with van der Waals surface area (Å²) in [5, 5.41) is 0. The van der Waals surface area contributed by atoms with Crippen LogP contribution in [0.15, 0.2) is 12.3 Å². The van der Waals surface area contributed by atoms with Crippen molar-refractivity contribution in [2.45, 2.75) is 59.3 Å². The molecule has 0 fully saturated rings. The van der Waals surface area contributed by atoms with Gasteiger partial charge in [-0.3, -0.25) is 4.98 Å². The van der Waals surface area contributed by atoms with Gasteiger partial charge in [-0.25, -0.2) is 0 Å². The Morgan fingerprint density at radius 3 is 2.60 bits per heavy atom. The number of hydrogen-bond acceptors (Lipinski definition) is 1. The third-order valence-corrected chi connectivity index (χ3v) is 3.06. The van der Waals surface area contributed by atoms with Gasteiger partial charge < -0.3 is 0 Å². The fourth-order valence-corrected chi connectivity index (χ4v) is 1.99. The molecule has 1 aromatic heterocycles. The Labute approximate surface area is 93.9 Å². The number of aryl methyl sites for hydroxylation is 2. The van der Waals surface area contributed by atoms with Crippen LogP contribution in [-0.2, 0) is 12.8 Å². The molecule has 0 N–H and O–H groups in total. The maximum atomic E-state index is 4.40. The zero-order chi connectivity index (χ0) is 11.1. The zero-order valence-electron chi connectivity index (χ0n) is 10.3. The van der Waals surface area contributed by atoms with Gasteiger partial charge in [0.15, 0.2) is 0 Å². The summed E-state index contributed by atoms with van der Waals surface area (Å²) in [7, 11) is 0. The molecule has 0 unspecified atom stereocenters. The average Bonchev–Trinajstić information content (AvgIpc) is 2.26. The second-order valence-corrected chi connectivity index (χ2v) is 4.21. The maximum absolute atomic E-state index is 4.40. The lowest BCUT2D eigenvalue weighted by molar-refractivity contribution is 0.664. The van der Waals surface area contributed by atoms with Crippen molar-refractivity contribution in [3.05, 3.63) is 29.1 Å². The van der Waals surface area contributed by atoms with E-state index in [1.807, 2.05) is 6.20 Å². The van der Waals surface area contributed by atoms with Crippen LogP contribution in [0.1, 0.15) is 56.4 Å². The first-order valence-electron chi connectivity index (χ1n) is 6.23. The minimum atomic E-state index is 1.05. The van der Waals surface area contributed by atoms with Crippen molar-refractivity contribution in [1.82, 2.24) is 4.98 Å². The molecule has 0 spiro atoms. The van der Waals surface area contributed by atoms with Crippen LogP contribution in [0.2, 0.25) is 0 Å². The van der Waals surface area contributed by atoms with Gasteiger partial charge in [0.25, 0.3) is 0 Å². The Bertz CT molecular complexity index is 291. The van der Waals surface area contributed by atoms with Crippen LogP contribution >= 0.6 is 0 Å². The summed E-state index contributed by atoms with van der Waals surface area (Å²) >= 11 is 0. The van der Waals surface area contributed by atoms with Crippen LogP contribution in [0.25, 0.3) is 0 Å². The summed E-state index contributed by atoms with van der Waals surface area (Å²) in [5.41, 5.74) is 4.18. The zero-order valence-corrected chi connectivity index (χ0v) is 10.3. The van der Waals surface area contributed by atoms with E-state index in [-0.39, 0.29) is 0 Å². The Balaban J connectivity index is 2.53. The summed E-state index contributed by atoms with van der Waals surface area (Å²) in [5.74, 6) is 0. The van der Waals surface area contributed by atoms with Crippen molar-refractivity contribution in [1.29, 1.82) is 0 Å². The first kappa shape index (κ1) is 12.2. The lowest BCUT2D eigenvalue weighted by Gasteiger charge is -2.08. The highest BCUT2D eigenvalue weighted by atomic mass is 14.7. The molecule has 1 heterocycles. The van der Waals surface area contributed by atoms with E-state index in [2.05, 4.69) is 31.8 Å². The van der Waals surface area contributed by atoms with E-state index in [9.17, 15) is 0 Å². The second kappa shape index (κ2) is 6.60. The highest BCUT2D eigenvalue weighted by Gasteiger charge is 2.02. The molecule has 0 aliphatic heterocycles. The minimum absolute atomic E-state index is 1.05. The summed E-state index contributed by atoms with van der Waals surface area (Å²) in [4.78, 5) is 4.40. The minimum Gasteiger partial charge on any atom is -0.261 e. The quantitative estimate of drug-likeness (QED) is 0.638. The number of unbranched alkanes of at least 4 members (excludes halogenated alkanes) is 3. The molecule has 1 aromatic rings. The fraction of sp³-hybridized carbons (Fsp3) is 0.643. The molecule has 0 aromatic carbocycles. The van der Waals surface area contributed by atoms with Gasteiger partial charge in [-0.2, -0.15) is 0 Å². The molecule has 84 valence electrons. The van der Waals surface area contributed by atoms with Gasteiger partial charge in [0.2, 0.25) is 0 Å². The molecule has 0 aliphatic carbocycles. The summed E-state index contributed by atoms with van der Waals surface area (Å²) in [6.45, 7) is 6.64. The van der Waals surface area contributed by atoms with Crippen molar-refractivity contribution in [2.24, 2.45) is 0 Å². The fourth-order valence-electron chi connectivity index (χ4n) is 1.99. The Morgan fingerprint density at radius 1 is 1.13 bits per heavy atom. The van der Waals surface area contributed by atoms with Crippen molar-refractivity contribution in [3.63, 3.8) is 0 Å². The molecule has 0 aliphatic rings. The van der Waals surface area contributed by atoms with Gasteiger partial charge in [-0.15, -0.1) is 0 Å². The molecular weight excluding hydrogens is 182 g/mol. The SMILES string of the molecule is CCCCCCc1ccnc(CC)c1C. The smallest absolute Gasteiger partial charge is 0.0432 e. The summed E-state index contributed by atoms with van der Waals surface area (Å²) in [6, 6.07) is 2.18. The molecule has 1 rings (SSSR count). The van der Waals surface area contributed by atoms with Crippen LogP contribution < -0.4 is 0 Å². The molecule has 1 heteroatoms. The number of nitrogens with zero attached hydrogens (tertiary/aromatic N) is 1. The third kappa shape index (κ3) is 3.65. The molecule has 1 nitrogen and oxygen atoms in total. The second-order valence-electron chi connectivity index (χ2n) is 4.21. The van der Waals surface area contributed by atoms with Crippen LogP contribution in [0.4, 0.5) is 0 Å². The number of aromatic nitrogens is 1. The molecule has 0 amide bonds. The van der Waals surface area contributed by atoms with E-state index in [0.29, 0.717) is 0 Å². The lowest BCUT2D eigenvalue weighted by atomic mass is 10.0. The van der Waals surface area contributed by atoms with E-state index in [0.717, 1.165) is 6.42 Å². The Morgan fingerprint density at radius 2 is 1.93 bits per heavy atom. The van der Waals surface area contributed by atoms with E-state index >= 15 is 0 Å². The number of pyridine rings is 1. The van der Waals surface area contributed by atoms with Crippen molar-refractivity contribution < 1.29 is 0 Å². The van der Waals surface area contributed by atoms with Gasteiger partial charge in [-0.05, 0) is 43.4 Å². The van der Waals surface area contributed by atoms with Crippen molar-refractivity contribution >= 4 is 0 Å². The summed E-state index contributed by atoms with van der Waals surface area (Å²) < 4.78 is 0. The largest absolute Gasteiger partial charge is 0.261 e. The molecule has 0 atom stereocenters. The normalized spacial score (nSPS) is 10.6. The molecule has 0 saturated heterocycles. The van der Waals surface area contributed by atoms with E-state index in [4.69, 9.17) is 0 Å². The van der Waals surface area contributed by atoms with Crippen LogP contribution in [0.3, 0.4) is 0 Å².